The first-order valence-electron chi connectivity index (χ1n) is 9.29. The van der Waals surface area contributed by atoms with Crippen LogP contribution in [0.2, 0.25) is 0 Å². The molecule has 26 heavy (non-hydrogen) atoms. The van der Waals surface area contributed by atoms with Gasteiger partial charge in [0.25, 0.3) is 0 Å². The van der Waals surface area contributed by atoms with Crippen LogP contribution < -0.4 is 0 Å². The molecule has 2 aliphatic heterocycles. The highest BCUT2D eigenvalue weighted by Gasteiger charge is 2.36. The molecule has 3 heterocycles. The minimum absolute atomic E-state index is 0.0361. The molecular formula is C19H24N4O3. The summed E-state index contributed by atoms with van der Waals surface area (Å²) in [5.41, 5.74) is 1.94. The van der Waals surface area contributed by atoms with Gasteiger partial charge in [-0.3, -0.25) is 4.79 Å². The van der Waals surface area contributed by atoms with E-state index < -0.39 is 0 Å². The number of fused-ring (bicyclic) bond motifs is 1. The van der Waals surface area contributed by atoms with Gasteiger partial charge in [-0.05, 0) is 31.9 Å². The van der Waals surface area contributed by atoms with Crippen LogP contribution in [-0.4, -0.2) is 63.5 Å². The summed E-state index contributed by atoms with van der Waals surface area (Å²) in [6, 6.07) is 8.07. The fraction of sp³-hybridized carbons (Fsp3) is 0.526. The summed E-state index contributed by atoms with van der Waals surface area (Å²) >= 11 is 0. The summed E-state index contributed by atoms with van der Waals surface area (Å²) in [5, 5.41) is 0. The van der Waals surface area contributed by atoms with Crippen LogP contribution >= 0.6 is 0 Å². The minimum Gasteiger partial charge on any atom is -0.444 e. The highest BCUT2D eigenvalue weighted by atomic mass is 16.6. The standard InChI is InChI=1S/C19H24N4O3/c1-13-12-23(19(25)26-13)14-8-10-22(11-9-14)18(24)7-6-17-20-15-4-2-3-5-16(15)21-17/h2-5,13-14H,6-12H2,1H3,(H,20,21). The van der Waals surface area contributed by atoms with Crippen molar-refractivity contribution in [3.05, 3.63) is 30.1 Å². The van der Waals surface area contributed by atoms with Crippen LogP contribution in [0.5, 0.6) is 0 Å². The van der Waals surface area contributed by atoms with Gasteiger partial charge in [0.1, 0.15) is 11.9 Å². The lowest BCUT2D eigenvalue weighted by molar-refractivity contribution is -0.132. The number of imidazole rings is 1. The molecule has 138 valence electrons. The zero-order valence-corrected chi connectivity index (χ0v) is 15.0. The van der Waals surface area contributed by atoms with Gasteiger partial charge < -0.3 is 19.5 Å². The largest absolute Gasteiger partial charge is 0.444 e. The first-order valence-corrected chi connectivity index (χ1v) is 9.29. The molecule has 0 aliphatic carbocycles. The molecule has 7 nitrogen and oxygen atoms in total. The van der Waals surface area contributed by atoms with E-state index in [9.17, 15) is 9.59 Å². The Labute approximate surface area is 152 Å². The second-order valence-corrected chi connectivity index (χ2v) is 7.16. The van der Waals surface area contributed by atoms with E-state index in [1.807, 2.05) is 41.0 Å². The Hall–Kier alpha value is -2.57. The topological polar surface area (TPSA) is 78.5 Å². The average molecular weight is 356 g/mol. The summed E-state index contributed by atoms with van der Waals surface area (Å²) < 4.78 is 5.21. The molecule has 0 saturated carbocycles. The van der Waals surface area contributed by atoms with Crippen LogP contribution in [0, 0.1) is 0 Å². The number of para-hydroxylation sites is 2. The summed E-state index contributed by atoms with van der Waals surface area (Å²) in [4.78, 5) is 35.9. The average Bonchev–Trinajstić information content (AvgIpc) is 3.22. The monoisotopic (exact) mass is 356 g/mol. The van der Waals surface area contributed by atoms with E-state index in [2.05, 4.69) is 9.97 Å². The second-order valence-electron chi connectivity index (χ2n) is 7.16. The number of H-pyrrole nitrogens is 1. The molecule has 1 unspecified atom stereocenters. The van der Waals surface area contributed by atoms with E-state index in [4.69, 9.17) is 4.74 Å². The fourth-order valence-corrected chi connectivity index (χ4v) is 3.86. The number of aromatic nitrogens is 2. The molecule has 1 aromatic carbocycles. The number of ether oxygens (including phenoxy) is 1. The minimum atomic E-state index is -0.216. The van der Waals surface area contributed by atoms with Gasteiger partial charge in [0.05, 0.1) is 17.6 Å². The van der Waals surface area contributed by atoms with Crippen molar-refractivity contribution >= 4 is 23.0 Å². The van der Waals surface area contributed by atoms with Crippen molar-refractivity contribution in [2.24, 2.45) is 0 Å². The van der Waals surface area contributed by atoms with Crippen molar-refractivity contribution in [1.82, 2.24) is 19.8 Å². The highest BCUT2D eigenvalue weighted by Crippen LogP contribution is 2.23. The maximum absolute atomic E-state index is 12.5. The normalized spacial score (nSPS) is 21.4. The molecule has 2 amide bonds. The second kappa shape index (κ2) is 6.97. The number of hydrogen-bond donors (Lipinski definition) is 1. The van der Waals surface area contributed by atoms with Gasteiger partial charge in [-0.15, -0.1) is 0 Å². The predicted octanol–water partition coefficient (Wildman–Crippen LogP) is 2.33. The van der Waals surface area contributed by atoms with Crippen molar-refractivity contribution < 1.29 is 14.3 Å². The van der Waals surface area contributed by atoms with Crippen molar-refractivity contribution in [1.29, 1.82) is 0 Å². The zero-order valence-electron chi connectivity index (χ0n) is 15.0. The third kappa shape index (κ3) is 3.38. The molecule has 1 N–H and O–H groups in total. The van der Waals surface area contributed by atoms with E-state index in [1.165, 1.54) is 0 Å². The maximum atomic E-state index is 12.5. The lowest BCUT2D eigenvalue weighted by atomic mass is 10.0. The number of aryl methyl sites for hydroxylation is 1. The number of cyclic esters (lactones) is 1. The zero-order chi connectivity index (χ0) is 18.1. The van der Waals surface area contributed by atoms with Gasteiger partial charge in [-0.25, -0.2) is 9.78 Å². The molecule has 2 saturated heterocycles. The number of amides is 2. The number of nitrogens with one attached hydrogen (secondary N) is 1. The van der Waals surface area contributed by atoms with Crippen molar-refractivity contribution in [2.75, 3.05) is 19.6 Å². The van der Waals surface area contributed by atoms with Gasteiger partial charge in [0.2, 0.25) is 5.91 Å². The van der Waals surface area contributed by atoms with Crippen LogP contribution in [0.3, 0.4) is 0 Å². The Balaban J connectivity index is 1.27. The van der Waals surface area contributed by atoms with E-state index in [0.29, 0.717) is 32.5 Å². The number of carbonyl (C=O) groups is 2. The van der Waals surface area contributed by atoms with E-state index >= 15 is 0 Å². The van der Waals surface area contributed by atoms with Crippen molar-refractivity contribution in [3.8, 4) is 0 Å². The van der Waals surface area contributed by atoms with Crippen LogP contribution in [0.4, 0.5) is 4.79 Å². The molecule has 2 aromatic rings. The number of aromatic amines is 1. The maximum Gasteiger partial charge on any atom is 0.410 e. The number of nitrogens with zero attached hydrogens (tertiary/aromatic N) is 3. The molecule has 2 aliphatic rings. The number of piperidine rings is 1. The van der Waals surface area contributed by atoms with Gasteiger partial charge in [-0.1, -0.05) is 12.1 Å². The van der Waals surface area contributed by atoms with Gasteiger partial charge in [0.15, 0.2) is 0 Å². The summed E-state index contributed by atoms with van der Waals surface area (Å²) in [6.07, 6.45) is 2.45. The summed E-state index contributed by atoms with van der Waals surface area (Å²) in [7, 11) is 0. The molecule has 7 heteroatoms. The number of benzene rings is 1. The highest BCUT2D eigenvalue weighted by molar-refractivity contribution is 5.77. The molecule has 2 fully saturated rings. The first-order chi connectivity index (χ1) is 12.6. The van der Waals surface area contributed by atoms with E-state index in [1.54, 1.807) is 0 Å². The van der Waals surface area contributed by atoms with Crippen molar-refractivity contribution in [2.45, 2.75) is 44.8 Å². The molecule has 0 radical (unpaired) electrons. The van der Waals surface area contributed by atoms with Gasteiger partial charge in [-0.2, -0.15) is 0 Å². The first kappa shape index (κ1) is 16.9. The quantitative estimate of drug-likeness (QED) is 0.912. The van der Waals surface area contributed by atoms with Crippen LogP contribution in [0.1, 0.15) is 32.0 Å². The molecule has 1 aromatic heterocycles. The number of likely N-dealkylation sites (tertiary alicyclic amines) is 1. The van der Waals surface area contributed by atoms with Crippen LogP contribution in [0.15, 0.2) is 24.3 Å². The summed E-state index contributed by atoms with van der Waals surface area (Å²) in [6.45, 7) is 3.96. The predicted molar refractivity (Wildman–Crippen MR) is 96.7 cm³/mol. The third-order valence-electron chi connectivity index (χ3n) is 5.26. The Bertz CT molecular complexity index is 777. The van der Waals surface area contributed by atoms with Crippen LogP contribution in [-0.2, 0) is 16.0 Å². The molecule has 4 rings (SSSR count). The smallest absolute Gasteiger partial charge is 0.410 e. The SMILES string of the molecule is CC1CN(C2CCN(C(=O)CCc3nc4ccccc4[nH]3)CC2)C(=O)O1. The van der Waals surface area contributed by atoms with E-state index in [0.717, 1.165) is 29.7 Å². The molecule has 0 bridgehead atoms. The van der Waals surface area contributed by atoms with Gasteiger partial charge in [0, 0.05) is 32.0 Å². The lowest BCUT2D eigenvalue weighted by Gasteiger charge is -2.35. The Morgan fingerprint density at radius 1 is 1.31 bits per heavy atom. The third-order valence-corrected chi connectivity index (χ3v) is 5.26. The Morgan fingerprint density at radius 2 is 2.08 bits per heavy atom. The Morgan fingerprint density at radius 3 is 2.77 bits per heavy atom. The van der Waals surface area contributed by atoms with E-state index in [-0.39, 0.29) is 24.1 Å². The Kier molecular flexibility index (Phi) is 4.53. The van der Waals surface area contributed by atoms with Crippen LogP contribution in [0.25, 0.3) is 11.0 Å². The number of carbonyl (C=O) groups excluding carboxylic acids is 2. The number of rotatable bonds is 4. The lowest BCUT2D eigenvalue weighted by Crippen LogP contribution is -2.47. The number of hydrogen-bond acceptors (Lipinski definition) is 4. The van der Waals surface area contributed by atoms with Crippen molar-refractivity contribution in [3.63, 3.8) is 0 Å². The molecule has 1 atom stereocenters. The summed E-state index contributed by atoms with van der Waals surface area (Å²) in [5.74, 6) is 1.00. The molecular weight excluding hydrogens is 332 g/mol. The fourth-order valence-electron chi connectivity index (χ4n) is 3.86. The van der Waals surface area contributed by atoms with Gasteiger partial charge >= 0.3 is 6.09 Å². The molecule has 0 spiro atoms.